The molecule has 1 fully saturated rings. The summed E-state index contributed by atoms with van der Waals surface area (Å²) in [5.74, 6) is -0.675. The summed E-state index contributed by atoms with van der Waals surface area (Å²) < 4.78 is 33.1. The minimum atomic E-state index is -3.97. The number of carboxylic acid groups (broad SMARTS) is 1. The van der Waals surface area contributed by atoms with Crippen molar-refractivity contribution in [3.8, 4) is 5.75 Å². The summed E-state index contributed by atoms with van der Waals surface area (Å²) in [5.41, 5.74) is 4.41. The Labute approximate surface area is 205 Å². The lowest BCUT2D eigenvalue weighted by atomic mass is 10.1. The van der Waals surface area contributed by atoms with Gasteiger partial charge < -0.3 is 19.6 Å². The number of anilines is 3. The maximum absolute atomic E-state index is 12.8. The molecule has 0 amide bonds. The molecular weight excluding hydrogens is 466 g/mol. The van der Waals surface area contributed by atoms with Crippen LogP contribution in [0.3, 0.4) is 0 Å². The number of benzene rings is 3. The maximum atomic E-state index is 12.8. The molecule has 8 nitrogen and oxygen atoms in total. The third-order valence-electron chi connectivity index (χ3n) is 6.41. The Morgan fingerprint density at radius 1 is 0.943 bits per heavy atom. The average Bonchev–Trinajstić information content (AvgIpc) is 2.86. The van der Waals surface area contributed by atoms with Crippen molar-refractivity contribution in [2.24, 2.45) is 0 Å². The fourth-order valence-corrected chi connectivity index (χ4v) is 5.32. The van der Waals surface area contributed by atoms with Gasteiger partial charge in [-0.25, -0.2) is 13.2 Å². The van der Waals surface area contributed by atoms with Crippen LogP contribution in [0.15, 0.2) is 65.6 Å². The maximum Gasteiger partial charge on any atom is 0.337 e. The van der Waals surface area contributed by atoms with Crippen LogP contribution in [0.25, 0.3) is 0 Å². The van der Waals surface area contributed by atoms with Crippen molar-refractivity contribution in [1.29, 1.82) is 0 Å². The van der Waals surface area contributed by atoms with E-state index in [1.807, 2.05) is 0 Å². The normalized spacial score (nSPS) is 14.0. The molecule has 35 heavy (non-hydrogen) atoms. The minimum absolute atomic E-state index is 0.0151. The molecule has 2 N–H and O–H groups in total. The summed E-state index contributed by atoms with van der Waals surface area (Å²) in [7, 11) is -2.47. The van der Waals surface area contributed by atoms with Crippen LogP contribution >= 0.6 is 0 Å². The molecule has 184 valence electrons. The van der Waals surface area contributed by atoms with E-state index < -0.39 is 16.0 Å². The van der Waals surface area contributed by atoms with Crippen molar-refractivity contribution < 1.29 is 23.1 Å². The van der Waals surface area contributed by atoms with E-state index in [2.05, 4.69) is 46.6 Å². The molecule has 0 spiro atoms. The lowest BCUT2D eigenvalue weighted by Crippen LogP contribution is -2.46. The molecule has 3 aromatic rings. The van der Waals surface area contributed by atoms with E-state index in [1.54, 1.807) is 6.07 Å². The van der Waals surface area contributed by atoms with Crippen molar-refractivity contribution >= 4 is 33.1 Å². The highest BCUT2D eigenvalue weighted by atomic mass is 32.2. The van der Waals surface area contributed by atoms with E-state index in [1.165, 1.54) is 60.3 Å². The first-order chi connectivity index (χ1) is 16.7. The van der Waals surface area contributed by atoms with Gasteiger partial charge in [-0.05, 0) is 73.5 Å². The number of methoxy groups -OCH3 is 1. The largest absolute Gasteiger partial charge is 0.497 e. The number of carboxylic acids is 1. The highest BCUT2D eigenvalue weighted by Gasteiger charge is 2.23. The van der Waals surface area contributed by atoms with Crippen molar-refractivity contribution in [1.82, 2.24) is 0 Å². The molecule has 9 heteroatoms. The molecule has 0 aliphatic carbocycles. The average molecular weight is 496 g/mol. The molecule has 3 aromatic carbocycles. The number of carbonyl (C=O) groups is 1. The monoisotopic (exact) mass is 495 g/mol. The van der Waals surface area contributed by atoms with Crippen molar-refractivity contribution in [2.75, 3.05) is 47.8 Å². The molecule has 1 saturated heterocycles. The molecular formula is C26H29N3O5S. The fraction of sp³-hybridized carbons (Fsp3) is 0.269. The second-order valence-corrected chi connectivity index (χ2v) is 10.2. The quantitative estimate of drug-likeness (QED) is 0.508. The van der Waals surface area contributed by atoms with Crippen molar-refractivity contribution in [3.63, 3.8) is 0 Å². The van der Waals surface area contributed by atoms with Crippen LogP contribution in [0.1, 0.15) is 21.5 Å². The topological polar surface area (TPSA) is 99.2 Å². The smallest absolute Gasteiger partial charge is 0.337 e. The summed E-state index contributed by atoms with van der Waals surface area (Å²) in [5, 5.41) is 9.79. The van der Waals surface area contributed by atoms with E-state index in [9.17, 15) is 18.3 Å². The molecule has 1 heterocycles. The Kier molecular flexibility index (Phi) is 6.88. The highest BCUT2D eigenvalue weighted by molar-refractivity contribution is 7.92. The molecule has 0 aromatic heterocycles. The van der Waals surface area contributed by atoms with Gasteiger partial charge in [0.15, 0.2) is 0 Å². The Balaban J connectivity index is 1.52. The highest BCUT2D eigenvalue weighted by Crippen LogP contribution is 2.29. The van der Waals surface area contributed by atoms with Crippen LogP contribution in [-0.4, -0.2) is 52.8 Å². The van der Waals surface area contributed by atoms with E-state index in [4.69, 9.17) is 4.74 Å². The van der Waals surface area contributed by atoms with Gasteiger partial charge in [0.2, 0.25) is 0 Å². The Morgan fingerprint density at radius 3 is 2.23 bits per heavy atom. The molecule has 1 aliphatic rings. The van der Waals surface area contributed by atoms with Crippen LogP contribution in [0, 0.1) is 13.8 Å². The lowest BCUT2D eigenvalue weighted by Gasteiger charge is -2.38. The van der Waals surface area contributed by atoms with E-state index in [0.717, 1.165) is 31.9 Å². The Morgan fingerprint density at radius 2 is 1.60 bits per heavy atom. The third kappa shape index (κ3) is 5.19. The number of hydrogen-bond acceptors (Lipinski definition) is 6. The predicted molar refractivity (Wildman–Crippen MR) is 138 cm³/mol. The molecule has 0 unspecified atom stereocenters. The second kappa shape index (κ2) is 9.87. The van der Waals surface area contributed by atoms with Gasteiger partial charge in [0.25, 0.3) is 10.0 Å². The zero-order valence-corrected chi connectivity index (χ0v) is 20.8. The summed E-state index contributed by atoms with van der Waals surface area (Å²) >= 11 is 0. The van der Waals surface area contributed by atoms with E-state index >= 15 is 0 Å². The third-order valence-corrected chi connectivity index (χ3v) is 7.79. The first kappa shape index (κ1) is 24.4. The van der Waals surface area contributed by atoms with Gasteiger partial charge in [0, 0.05) is 37.6 Å². The molecule has 0 saturated carbocycles. The minimum Gasteiger partial charge on any atom is -0.497 e. The predicted octanol–water partition coefficient (Wildman–Crippen LogP) is 4.14. The number of sulfonamides is 1. The number of hydrogen-bond donors (Lipinski definition) is 2. The summed E-state index contributed by atoms with van der Waals surface area (Å²) in [6.45, 7) is 7.29. The SMILES string of the molecule is COc1ccc(S(=O)(=O)Nc2ccc(N3CCN(c4cccc(C)c4C)CC3)cc2C(=O)O)cc1. The zero-order valence-electron chi connectivity index (χ0n) is 20.0. The number of piperazine rings is 1. The van der Waals surface area contributed by atoms with Gasteiger partial charge in [0.1, 0.15) is 5.75 Å². The molecule has 1 aliphatic heterocycles. The van der Waals surface area contributed by atoms with Gasteiger partial charge in [-0.2, -0.15) is 0 Å². The van der Waals surface area contributed by atoms with Gasteiger partial charge in [-0.1, -0.05) is 12.1 Å². The lowest BCUT2D eigenvalue weighted by molar-refractivity contribution is 0.0698. The van der Waals surface area contributed by atoms with Gasteiger partial charge in [0.05, 0.1) is 23.3 Å². The Hall–Kier alpha value is -3.72. The first-order valence-electron chi connectivity index (χ1n) is 11.3. The molecule has 0 atom stereocenters. The van der Waals surface area contributed by atoms with Crippen LogP contribution in [0.5, 0.6) is 5.75 Å². The molecule has 0 bridgehead atoms. The van der Waals surface area contributed by atoms with Crippen LogP contribution in [0.2, 0.25) is 0 Å². The number of rotatable bonds is 7. The summed E-state index contributed by atoms with van der Waals surface area (Å²) in [4.78, 5) is 16.5. The number of ether oxygens (including phenoxy) is 1. The number of nitrogens with zero attached hydrogens (tertiary/aromatic N) is 2. The number of nitrogens with one attached hydrogen (secondary N) is 1. The fourth-order valence-electron chi connectivity index (χ4n) is 4.24. The van der Waals surface area contributed by atoms with Gasteiger partial charge >= 0.3 is 5.97 Å². The van der Waals surface area contributed by atoms with Gasteiger partial charge in [-0.3, -0.25) is 4.72 Å². The second-order valence-electron chi connectivity index (χ2n) is 8.51. The van der Waals surface area contributed by atoms with Crippen molar-refractivity contribution in [3.05, 3.63) is 77.4 Å². The zero-order chi connectivity index (χ0) is 25.2. The Bertz CT molecular complexity index is 1330. The molecule has 4 rings (SSSR count). The number of aryl methyl sites for hydroxylation is 1. The van der Waals surface area contributed by atoms with E-state index in [0.29, 0.717) is 5.75 Å². The number of aromatic carboxylic acids is 1. The van der Waals surface area contributed by atoms with Crippen molar-refractivity contribution in [2.45, 2.75) is 18.7 Å². The molecule has 0 radical (unpaired) electrons. The summed E-state index contributed by atoms with van der Waals surface area (Å²) in [6.07, 6.45) is 0. The standard InChI is InChI=1S/C26H29N3O5S/c1-18-5-4-6-25(19(18)2)29-15-13-28(14-16-29)20-7-12-24(23(17-20)26(30)31)27-35(32,33)22-10-8-21(34-3)9-11-22/h4-12,17,27H,13-16H2,1-3H3,(H,30,31). The van der Waals surface area contributed by atoms with E-state index in [-0.39, 0.29) is 16.1 Å². The van der Waals surface area contributed by atoms with Crippen LogP contribution < -0.4 is 19.3 Å². The van der Waals surface area contributed by atoms with Crippen LogP contribution in [0.4, 0.5) is 17.1 Å². The first-order valence-corrected chi connectivity index (χ1v) is 12.8. The van der Waals surface area contributed by atoms with Gasteiger partial charge in [-0.15, -0.1) is 0 Å². The van der Waals surface area contributed by atoms with Crippen LogP contribution in [-0.2, 0) is 10.0 Å². The summed E-state index contributed by atoms with van der Waals surface area (Å²) in [6, 6.07) is 17.0.